The Morgan fingerprint density at radius 2 is 1.94 bits per heavy atom. The third kappa shape index (κ3) is 5.27. The molecule has 1 aromatic carbocycles. The standard InChI is InChI=1S/C25H32N4O3S/c1-16-7-8-20(11-17(16)2)26-24(31)21(9-10-33-3)27-25(32)28-13-18-12-19(15-28)22-5-4-6-23(30)29(22)14-18/h4-8,11,18-19,21H,9-10,12-15H2,1-3H3,(H,26,31)(H,27,32). The minimum atomic E-state index is -0.608. The number of aryl methyl sites for hydroxylation is 2. The van der Waals surface area contributed by atoms with E-state index in [4.69, 9.17) is 0 Å². The third-order valence-electron chi connectivity index (χ3n) is 6.77. The maximum Gasteiger partial charge on any atom is 0.318 e. The van der Waals surface area contributed by atoms with Crippen molar-refractivity contribution in [3.8, 4) is 0 Å². The van der Waals surface area contributed by atoms with Gasteiger partial charge < -0.3 is 20.1 Å². The fourth-order valence-electron chi connectivity index (χ4n) is 4.86. The summed E-state index contributed by atoms with van der Waals surface area (Å²) >= 11 is 1.65. The van der Waals surface area contributed by atoms with Gasteiger partial charge in [0, 0.05) is 43.0 Å². The molecule has 3 heterocycles. The topological polar surface area (TPSA) is 83.4 Å². The van der Waals surface area contributed by atoms with E-state index in [1.807, 2.05) is 53.8 Å². The Kier molecular flexibility index (Phi) is 7.12. The van der Waals surface area contributed by atoms with Crippen LogP contribution < -0.4 is 16.2 Å². The van der Waals surface area contributed by atoms with E-state index in [9.17, 15) is 14.4 Å². The number of carbonyl (C=O) groups excluding carboxylic acids is 2. The molecule has 1 saturated heterocycles. The fourth-order valence-corrected chi connectivity index (χ4v) is 5.33. The van der Waals surface area contributed by atoms with Crippen molar-refractivity contribution in [2.24, 2.45) is 5.92 Å². The zero-order valence-electron chi connectivity index (χ0n) is 19.5. The number of aromatic nitrogens is 1. The van der Waals surface area contributed by atoms with Crippen molar-refractivity contribution in [2.75, 3.05) is 30.4 Å². The molecule has 0 radical (unpaired) electrons. The SMILES string of the molecule is CSCCC(NC(=O)N1CC2CC(C1)c1cccc(=O)n1C2)C(=O)Nc1ccc(C)c(C)c1. The van der Waals surface area contributed by atoms with Crippen molar-refractivity contribution in [3.05, 3.63) is 63.6 Å². The van der Waals surface area contributed by atoms with Gasteiger partial charge in [0.1, 0.15) is 6.04 Å². The molecule has 2 aliphatic rings. The summed E-state index contributed by atoms with van der Waals surface area (Å²) in [6, 6.07) is 10.4. The molecule has 3 amide bonds. The first-order valence-corrected chi connectivity index (χ1v) is 12.9. The first-order chi connectivity index (χ1) is 15.9. The third-order valence-corrected chi connectivity index (χ3v) is 7.41. The second-order valence-electron chi connectivity index (χ2n) is 9.17. The van der Waals surface area contributed by atoms with Crippen LogP contribution in [-0.2, 0) is 11.3 Å². The van der Waals surface area contributed by atoms with E-state index in [1.54, 1.807) is 23.9 Å². The highest BCUT2D eigenvalue weighted by Gasteiger charge is 2.37. The molecule has 2 aliphatic heterocycles. The molecule has 0 saturated carbocycles. The molecule has 1 aromatic heterocycles. The van der Waals surface area contributed by atoms with E-state index < -0.39 is 6.04 Å². The molecule has 2 N–H and O–H groups in total. The van der Waals surface area contributed by atoms with Gasteiger partial charge in [0.05, 0.1) is 0 Å². The minimum absolute atomic E-state index is 0.0280. The molecular formula is C25H32N4O3S. The van der Waals surface area contributed by atoms with E-state index in [0.29, 0.717) is 26.1 Å². The molecular weight excluding hydrogens is 436 g/mol. The molecule has 0 spiro atoms. The summed E-state index contributed by atoms with van der Waals surface area (Å²) in [6.45, 7) is 5.83. The van der Waals surface area contributed by atoms with Crippen molar-refractivity contribution >= 4 is 29.4 Å². The number of rotatable bonds is 6. The number of hydrogen-bond acceptors (Lipinski definition) is 4. The van der Waals surface area contributed by atoms with E-state index >= 15 is 0 Å². The maximum absolute atomic E-state index is 13.2. The van der Waals surface area contributed by atoms with Crippen LogP contribution in [0.2, 0.25) is 0 Å². The van der Waals surface area contributed by atoms with Crippen molar-refractivity contribution in [3.63, 3.8) is 0 Å². The number of anilines is 1. The predicted octanol–water partition coefficient (Wildman–Crippen LogP) is 3.35. The highest BCUT2D eigenvalue weighted by Crippen LogP contribution is 2.34. The molecule has 4 rings (SSSR count). The molecule has 3 atom stereocenters. The maximum atomic E-state index is 13.2. The first-order valence-electron chi connectivity index (χ1n) is 11.5. The lowest BCUT2D eigenvalue weighted by molar-refractivity contribution is -0.118. The number of piperidine rings is 1. The van der Waals surface area contributed by atoms with Gasteiger partial charge in [-0.3, -0.25) is 9.59 Å². The average molecular weight is 469 g/mol. The molecule has 8 heteroatoms. The minimum Gasteiger partial charge on any atom is -0.326 e. The van der Waals surface area contributed by atoms with Crippen LogP contribution in [0.4, 0.5) is 10.5 Å². The Labute approximate surface area is 198 Å². The van der Waals surface area contributed by atoms with Crippen LogP contribution in [0.3, 0.4) is 0 Å². The number of pyridine rings is 1. The largest absolute Gasteiger partial charge is 0.326 e. The number of amides is 3. The van der Waals surface area contributed by atoms with E-state index in [1.165, 1.54) is 5.56 Å². The number of hydrogen-bond donors (Lipinski definition) is 2. The lowest BCUT2D eigenvalue weighted by atomic mass is 9.83. The Balaban J connectivity index is 1.44. The van der Waals surface area contributed by atoms with Gasteiger partial charge in [-0.05, 0) is 73.9 Å². The Hall–Kier alpha value is -2.74. The number of nitrogens with one attached hydrogen (secondary N) is 2. The zero-order valence-corrected chi connectivity index (χ0v) is 20.3. The normalized spacial score (nSPS) is 20.0. The molecule has 7 nitrogen and oxygen atoms in total. The lowest BCUT2D eigenvalue weighted by Gasteiger charge is -2.43. The number of likely N-dealkylation sites (tertiary alicyclic amines) is 1. The van der Waals surface area contributed by atoms with Crippen molar-refractivity contribution in [2.45, 2.75) is 45.2 Å². The van der Waals surface area contributed by atoms with Crippen LogP contribution in [0.25, 0.3) is 0 Å². The van der Waals surface area contributed by atoms with Gasteiger partial charge in [-0.2, -0.15) is 11.8 Å². The molecule has 0 aliphatic carbocycles. The summed E-state index contributed by atoms with van der Waals surface area (Å²) in [5.41, 5.74) is 4.04. The Bertz CT molecular complexity index is 1100. The zero-order chi connectivity index (χ0) is 23.5. The van der Waals surface area contributed by atoms with Gasteiger partial charge in [0.25, 0.3) is 5.56 Å². The summed E-state index contributed by atoms with van der Waals surface area (Å²) < 4.78 is 1.85. The second kappa shape index (κ2) is 10.0. The number of carbonyl (C=O) groups is 2. The van der Waals surface area contributed by atoms with E-state index in [2.05, 4.69) is 10.6 Å². The average Bonchev–Trinajstić information content (AvgIpc) is 2.79. The van der Waals surface area contributed by atoms with Gasteiger partial charge in [-0.25, -0.2) is 4.79 Å². The molecule has 3 unspecified atom stereocenters. The lowest BCUT2D eigenvalue weighted by Crippen LogP contribution is -2.55. The van der Waals surface area contributed by atoms with Gasteiger partial charge in [-0.15, -0.1) is 0 Å². The molecule has 1 fully saturated rings. The number of thioether (sulfide) groups is 1. The number of urea groups is 1. The Morgan fingerprint density at radius 3 is 2.70 bits per heavy atom. The predicted molar refractivity (Wildman–Crippen MR) is 133 cm³/mol. The summed E-state index contributed by atoms with van der Waals surface area (Å²) in [4.78, 5) is 40.3. The molecule has 2 aromatic rings. The number of fused-ring (bicyclic) bond motifs is 4. The molecule has 2 bridgehead atoms. The van der Waals surface area contributed by atoms with E-state index in [0.717, 1.165) is 29.1 Å². The van der Waals surface area contributed by atoms with E-state index in [-0.39, 0.29) is 29.3 Å². The summed E-state index contributed by atoms with van der Waals surface area (Å²) in [5, 5.41) is 5.95. The van der Waals surface area contributed by atoms with Gasteiger partial charge in [0.2, 0.25) is 5.91 Å². The summed E-state index contributed by atoms with van der Waals surface area (Å²) in [6.07, 6.45) is 3.53. The Morgan fingerprint density at radius 1 is 1.12 bits per heavy atom. The summed E-state index contributed by atoms with van der Waals surface area (Å²) in [5.74, 6) is 0.962. The van der Waals surface area contributed by atoms with Crippen LogP contribution in [0.5, 0.6) is 0 Å². The van der Waals surface area contributed by atoms with Gasteiger partial charge in [-0.1, -0.05) is 12.1 Å². The van der Waals surface area contributed by atoms with Crippen molar-refractivity contribution in [1.82, 2.24) is 14.8 Å². The number of nitrogens with zero attached hydrogens (tertiary/aromatic N) is 2. The van der Waals surface area contributed by atoms with Crippen molar-refractivity contribution in [1.29, 1.82) is 0 Å². The monoisotopic (exact) mass is 468 g/mol. The second-order valence-corrected chi connectivity index (χ2v) is 10.2. The first kappa shape index (κ1) is 23.4. The highest BCUT2D eigenvalue weighted by molar-refractivity contribution is 7.98. The van der Waals surface area contributed by atoms with Crippen LogP contribution in [0, 0.1) is 19.8 Å². The highest BCUT2D eigenvalue weighted by atomic mass is 32.2. The van der Waals surface area contributed by atoms with Crippen LogP contribution >= 0.6 is 11.8 Å². The van der Waals surface area contributed by atoms with Gasteiger partial charge >= 0.3 is 6.03 Å². The van der Waals surface area contributed by atoms with Crippen LogP contribution in [0.1, 0.15) is 35.6 Å². The van der Waals surface area contributed by atoms with Crippen LogP contribution in [0.15, 0.2) is 41.2 Å². The molecule has 176 valence electrons. The quantitative estimate of drug-likeness (QED) is 0.681. The molecule has 33 heavy (non-hydrogen) atoms. The summed E-state index contributed by atoms with van der Waals surface area (Å²) in [7, 11) is 0. The van der Waals surface area contributed by atoms with Gasteiger partial charge in [0.15, 0.2) is 0 Å². The van der Waals surface area contributed by atoms with Crippen LogP contribution in [-0.4, -0.2) is 52.5 Å². The fraction of sp³-hybridized carbons (Fsp3) is 0.480. The van der Waals surface area contributed by atoms with Crippen molar-refractivity contribution < 1.29 is 9.59 Å². The smallest absolute Gasteiger partial charge is 0.318 e. The number of benzene rings is 1.